The Morgan fingerprint density at radius 1 is 1.39 bits per heavy atom. The second-order valence-corrected chi connectivity index (χ2v) is 5.75. The third kappa shape index (κ3) is 4.04. The average Bonchev–Trinajstić information content (AvgIpc) is 2.32. The van der Waals surface area contributed by atoms with E-state index in [4.69, 9.17) is 5.73 Å². The van der Waals surface area contributed by atoms with Crippen LogP contribution in [0.1, 0.15) is 32.4 Å². The summed E-state index contributed by atoms with van der Waals surface area (Å²) < 4.78 is 14.3. The van der Waals surface area contributed by atoms with Gasteiger partial charge in [-0.3, -0.25) is 4.90 Å². The topological polar surface area (TPSA) is 29.3 Å². The molecule has 0 aliphatic heterocycles. The van der Waals surface area contributed by atoms with Gasteiger partial charge < -0.3 is 5.73 Å². The average molecular weight is 317 g/mol. The summed E-state index contributed by atoms with van der Waals surface area (Å²) >= 11 is 3.49. The van der Waals surface area contributed by atoms with Crippen LogP contribution in [0.3, 0.4) is 0 Å². The van der Waals surface area contributed by atoms with E-state index in [1.165, 1.54) is 6.07 Å². The molecular formula is C14H22BrFN2. The molecule has 0 saturated carbocycles. The fourth-order valence-electron chi connectivity index (χ4n) is 2.19. The zero-order chi connectivity index (χ0) is 13.7. The lowest BCUT2D eigenvalue weighted by molar-refractivity contribution is 0.188. The van der Waals surface area contributed by atoms with E-state index >= 15 is 0 Å². The Morgan fingerprint density at radius 2 is 2.06 bits per heavy atom. The number of nitrogens with zero attached hydrogens (tertiary/aromatic N) is 1. The molecule has 0 heterocycles. The van der Waals surface area contributed by atoms with Crippen molar-refractivity contribution in [2.24, 2.45) is 11.7 Å². The molecule has 1 unspecified atom stereocenters. The van der Waals surface area contributed by atoms with E-state index < -0.39 is 0 Å². The number of nitrogens with two attached hydrogens (primary N) is 1. The van der Waals surface area contributed by atoms with Crippen molar-refractivity contribution in [3.05, 3.63) is 34.1 Å². The van der Waals surface area contributed by atoms with Gasteiger partial charge in [-0.05, 0) is 36.2 Å². The van der Waals surface area contributed by atoms with Crippen LogP contribution in [-0.2, 0) is 0 Å². The Labute approximate surface area is 117 Å². The van der Waals surface area contributed by atoms with Gasteiger partial charge in [0, 0.05) is 23.6 Å². The fourth-order valence-corrected chi connectivity index (χ4v) is 2.70. The fraction of sp³-hybridized carbons (Fsp3) is 0.571. The first-order chi connectivity index (χ1) is 8.49. The van der Waals surface area contributed by atoms with Crippen LogP contribution in [0.15, 0.2) is 22.7 Å². The summed E-state index contributed by atoms with van der Waals surface area (Å²) in [6.07, 6.45) is 0. The molecule has 2 N–H and O–H groups in total. The SMILES string of the molecule is CCN(CC(C)C)C(CN)c1cc(F)ccc1Br. The Hall–Kier alpha value is -0.450. The van der Waals surface area contributed by atoms with Crippen LogP contribution < -0.4 is 5.73 Å². The zero-order valence-electron chi connectivity index (χ0n) is 11.3. The minimum absolute atomic E-state index is 0.0578. The van der Waals surface area contributed by atoms with Gasteiger partial charge >= 0.3 is 0 Å². The lowest BCUT2D eigenvalue weighted by Gasteiger charge is -2.32. The molecule has 1 rings (SSSR count). The number of rotatable bonds is 6. The highest BCUT2D eigenvalue weighted by Gasteiger charge is 2.21. The van der Waals surface area contributed by atoms with Crippen molar-refractivity contribution in [1.82, 2.24) is 4.90 Å². The van der Waals surface area contributed by atoms with Gasteiger partial charge in [0.2, 0.25) is 0 Å². The summed E-state index contributed by atoms with van der Waals surface area (Å²) in [6, 6.07) is 4.84. The third-order valence-electron chi connectivity index (χ3n) is 2.99. The number of benzene rings is 1. The zero-order valence-corrected chi connectivity index (χ0v) is 12.9. The van der Waals surface area contributed by atoms with E-state index in [1.807, 2.05) is 0 Å². The molecule has 1 aromatic rings. The van der Waals surface area contributed by atoms with E-state index in [0.717, 1.165) is 23.1 Å². The minimum Gasteiger partial charge on any atom is -0.329 e. The third-order valence-corrected chi connectivity index (χ3v) is 3.71. The van der Waals surface area contributed by atoms with Crippen LogP contribution in [0, 0.1) is 11.7 Å². The molecule has 0 aliphatic rings. The molecule has 0 saturated heterocycles. The highest BCUT2D eigenvalue weighted by atomic mass is 79.9. The number of hydrogen-bond donors (Lipinski definition) is 1. The lowest BCUT2D eigenvalue weighted by Crippen LogP contribution is -2.36. The van der Waals surface area contributed by atoms with Gasteiger partial charge in [-0.25, -0.2) is 4.39 Å². The summed E-state index contributed by atoms with van der Waals surface area (Å²) in [7, 11) is 0. The summed E-state index contributed by atoms with van der Waals surface area (Å²) in [4.78, 5) is 2.30. The molecule has 0 bridgehead atoms. The number of hydrogen-bond acceptors (Lipinski definition) is 2. The maximum atomic E-state index is 13.4. The summed E-state index contributed by atoms with van der Waals surface area (Å²) in [5.41, 5.74) is 6.82. The summed E-state index contributed by atoms with van der Waals surface area (Å²) in [5, 5.41) is 0. The summed E-state index contributed by atoms with van der Waals surface area (Å²) in [6.45, 7) is 8.82. The highest BCUT2D eigenvalue weighted by Crippen LogP contribution is 2.28. The molecular weight excluding hydrogens is 295 g/mol. The molecule has 0 aliphatic carbocycles. The van der Waals surface area contributed by atoms with Crippen LogP contribution in [0.2, 0.25) is 0 Å². The first-order valence-electron chi connectivity index (χ1n) is 6.38. The van der Waals surface area contributed by atoms with E-state index in [-0.39, 0.29) is 11.9 Å². The molecule has 0 spiro atoms. The van der Waals surface area contributed by atoms with Crippen LogP contribution in [0.25, 0.3) is 0 Å². The maximum Gasteiger partial charge on any atom is 0.123 e. The van der Waals surface area contributed by atoms with Gasteiger partial charge in [-0.1, -0.05) is 36.7 Å². The van der Waals surface area contributed by atoms with Crippen LogP contribution in [0.5, 0.6) is 0 Å². The predicted molar refractivity (Wildman–Crippen MR) is 78.0 cm³/mol. The van der Waals surface area contributed by atoms with Crippen molar-refractivity contribution in [2.75, 3.05) is 19.6 Å². The van der Waals surface area contributed by atoms with Gasteiger partial charge in [-0.15, -0.1) is 0 Å². The van der Waals surface area contributed by atoms with E-state index in [0.29, 0.717) is 12.5 Å². The second-order valence-electron chi connectivity index (χ2n) is 4.90. The molecule has 0 radical (unpaired) electrons. The Bertz CT molecular complexity index is 382. The second kappa shape index (κ2) is 7.22. The predicted octanol–water partition coefficient (Wildman–Crippen LogP) is 3.57. The van der Waals surface area contributed by atoms with Crippen molar-refractivity contribution in [1.29, 1.82) is 0 Å². The Balaban J connectivity index is 3.03. The van der Waals surface area contributed by atoms with Crippen LogP contribution in [-0.4, -0.2) is 24.5 Å². The lowest BCUT2D eigenvalue weighted by atomic mass is 10.0. The monoisotopic (exact) mass is 316 g/mol. The molecule has 0 fully saturated rings. The molecule has 0 aromatic heterocycles. The van der Waals surface area contributed by atoms with Crippen LogP contribution >= 0.6 is 15.9 Å². The standard InChI is InChI=1S/C14H22BrFN2/c1-4-18(9-10(2)3)14(8-17)12-7-11(16)5-6-13(12)15/h5-7,10,14H,4,8-9,17H2,1-3H3. The molecule has 102 valence electrons. The van der Waals surface area contributed by atoms with Gasteiger partial charge in [-0.2, -0.15) is 0 Å². The van der Waals surface area contributed by atoms with E-state index in [1.54, 1.807) is 12.1 Å². The number of halogens is 2. The van der Waals surface area contributed by atoms with Crippen molar-refractivity contribution in [2.45, 2.75) is 26.8 Å². The molecule has 18 heavy (non-hydrogen) atoms. The summed E-state index contributed by atoms with van der Waals surface area (Å²) in [5.74, 6) is 0.346. The van der Waals surface area contributed by atoms with Gasteiger partial charge in [0.1, 0.15) is 5.82 Å². The first-order valence-corrected chi connectivity index (χ1v) is 7.17. The van der Waals surface area contributed by atoms with Crippen LogP contribution in [0.4, 0.5) is 4.39 Å². The maximum absolute atomic E-state index is 13.4. The van der Waals surface area contributed by atoms with Crippen molar-refractivity contribution in [3.8, 4) is 0 Å². The molecule has 0 amide bonds. The molecule has 2 nitrogen and oxygen atoms in total. The van der Waals surface area contributed by atoms with Gasteiger partial charge in [0.25, 0.3) is 0 Å². The van der Waals surface area contributed by atoms with Gasteiger partial charge in [0.15, 0.2) is 0 Å². The van der Waals surface area contributed by atoms with E-state index in [2.05, 4.69) is 41.6 Å². The quantitative estimate of drug-likeness (QED) is 0.869. The normalized spacial score (nSPS) is 13.3. The molecule has 1 aromatic carbocycles. The number of likely N-dealkylation sites (N-methyl/N-ethyl adjacent to an activating group) is 1. The van der Waals surface area contributed by atoms with E-state index in [9.17, 15) is 4.39 Å². The van der Waals surface area contributed by atoms with Gasteiger partial charge in [0.05, 0.1) is 0 Å². The smallest absolute Gasteiger partial charge is 0.123 e. The molecule has 4 heteroatoms. The highest BCUT2D eigenvalue weighted by molar-refractivity contribution is 9.10. The molecule has 1 atom stereocenters. The first kappa shape index (κ1) is 15.6. The minimum atomic E-state index is -0.216. The Morgan fingerprint density at radius 3 is 2.56 bits per heavy atom. The van der Waals surface area contributed by atoms with Crippen molar-refractivity contribution in [3.63, 3.8) is 0 Å². The van der Waals surface area contributed by atoms with Crippen molar-refractivity contribution >= 4 is 15.9 Å². The largest absolute Gasteiger partial charge is 0.329 e. The Kier molecular flexibility index (Phi) is 6.26. The van der Waals surface area contributed by atoms with Crippen molar-refractivity contribution < 1.29 is 4.39 Å².